The molecule has 0 bridgehead atoms. The Bertz CT molecular complexity index is 965. The van der Waals surface area contributed by atoms with E-state index in [1.165, 1.54) is 24.3 Å². The van der Waals surface area contributed by atoms with Crippen LogP contribution in [-0.4, -0.2) is 20.9 Å². The average molecular weight is 364 g/mol. The first kappa shape index (κ1) is 18.0. The number of non-ortho nitro benzene ring substituents is 1. The fraction of sp³-hybridized carbons (Fsp3) is 0.105. The summed E-state index contributed by atoms with van der Waals surface area (Å²) in [5.74, 6) is 0.247. The van der Waals surface area contributed by atoms with Gasteiger partial charge in [0.15, 0.2) is 0 Å². The number of nitrogens with one attached hydrogen (secondary N) is 1. The Kier molecular flexibility index (Phi) is 5.07. The highest BCUT2D eigenvalue weighted by atomic mass is 16.6. The van der Waals surface area contributed by atoms with Crippen molar-refractivity contribution in [3.63, 3.8) is 0 Å². The van der Waals surface area contributed by atoms with Crippen molar-refractivity contribution in [1.82, 2.24) is 9.97 Å². The highest BCUT2D eigenvalue weighted by molar-refractivity contribution is 5.91. The molecule has 0 saturated heterocycles. The van der Waals surface area contributed by atoms with Crippen molar-refractivity contribution in [2.45, 2.75) is 13.8 Å². The van der Waals surface area contributed by atoms with Crippen LogP contribution in [0.15, 0.2) is 54.6 Å². The molecule has 3 rings (SSSR count). The van der Waals surface area contributed by atoms with Crippen molar-refractivity contribution < 1.29 is 14.5 Å². The van der Waals surface area contributed by atoms with Gasteiger partial charge in [-0.1, -0.05) is 0 Å². The second-order valence-electron chi connectivity index (χ2n) is 5.82. The van der Waals surface area contributed by atoms with Gasteiger partial charge in [-0.15, -0.1) is 0 Å². The molecular weight excluding hydrogens is 348 g/mol. The van der Waals surface area contributed by atoms with Crippen LogP contribution < -0.4 is 10.1 Å². The summed E-state index contributed by atoms with van der Waals surface area (Å²) < 4.78 is 5.28. The Balaban J connectivity index is 1.66. The van der Waals surface area contributed by atoms with Gasteiger partial charge in [0.1, 0.15) is 5.75 Å². The van der Waals surface area contributed by atoms with Gasteiger partial charge in [-0.2, -0.15) is 0 Å². The van der Waals surface area contributed by atoms with Crippen LogP contribution in [0.1, 0.15) is 21.7 Å². The zero-order chi connectivity index (χ0) is 19.4. The van der Waals surface area contributed by atoms with Crippen molar-refractivity contribution in [2.24, 2.45) is 0 Å². The highest BCUT2D eigenvalue weighted by Crippen LogP contribution is 2.20. The van der Waals surface area contributed by atoms with Crippen LogP contribution >= 0.6 is 0 Å². The molecule has 0 aliphatic carbocycles. The third-order valence-corrected chi connectivity index (χ3v) is 3.62. The Morgan fingerprint density at radius 2 is 1.59 bits per heavy atom. The van der Waals surface area contributed by atoms with Gasteiger partial charge in [0, 0.05) is 29.2 Å². The fourth-order valence-electron chi connectivity index (χ4n) is 2.40. The number of benzene rings is 2. The molecule has 136 valence electrons. The van der Waals surface area contributed by atoms with Gasteiger partial charge >= 0.3 is 5.97 Å². The van der Waals surface area contributed by atoms with Crippen molar-refractivity contribution in [3.8, 4) is 5.75 Å². The van der Waals surface area contributed by atoms with E-state index in [0.29, 0.717) is 11.7 Å². The smallest absolute Gasteiger partial charge is 0.343 e. The van der Waals surface area contributed by atoms with Gasteiger partial charge in [0.05, 0.1) is 10.5 Å². The number of aryl methyl sites for hydroxylation is 2. The van der Waals surface area contributed by atoms with Crippen LogP contribution in [0.5, 0.6) is 5.75 Å². The number of aromatic nitrogens is 2. The van der Waals surface area contributed by atoms with E-state index in [4.69, 9.17) is 4.74 Å². The van der Waals surface area contributed by atoms with E-state index in [0.717, 1.165) is 17.1 Å². The second kappa shape index (κ2) is 7.61. The molecule has 0 aliphatic rings. The van der Waals surface area contributed by atoms with Crippen LogP contribution in [0, 0.1) is 24.0 Å². The summed E-state index contributed by atoms with van der Waals surface area (Å²) in [6, 6.07) is 13.8. The number of carbonyl (C=O) groups is 1. The molecule has 2 aromatic carbocycles. The van der Waals surface area contributed by atoms with E-state index in [1.54, 1.807) is 24.3 Å². The number of carbonyl (C=O) groups excluding carboxylic acids is 1. The lowest BCUT2D eigenvalue weighted by molar-refractivity contribution is -0.384. The minimum Gasteiger partial charge on any atom is -0.423 e. The third kappa shape index (κ3) is 4.63. The van der Waals surface area contributed by atoms with Crippen LogP contribution in [0.25, 0.3) is 0 Å². The first-order valence-corrected chi connectivity index (χ1v) is 8.07. The Labute approximate surface area is 155 Å². The molecule has 0 amide bonds. The van der Waals surface area contributed by atoms with E-state index in [-0.39, 0.29) is 11.3 Å². The summed E-state index contributed by atoms with van der Waals surface area (Å²) in [5, 5.41) is 13.7. The predicted molar refractivity (Wildman–Crippen MR) is 99.3 cm³/mol. The Hall–Kier alpha value is -3.81. The van der Waals surface area contributed by atoms with Crippen LogP contribution in [0.2, 0.25) is 0 Å². The largest absolute Gasteiger partial charge is 0.423 e. The zero-order valence-electron chi connectivity index (χ0n) is 14.7. The van der Waals surface area contributed by atoms with Crippen molar-refractivity contribution >= 4 is 23.3 Å². The lowest BCUT2D eigenvalue weighted by atomic mass is 10.2. The third-order valence-electron chi connectivity index (χ3n) is 3.62. The van der Waals surface area contributed by atoms with Crippen molar-refractivity contribution in [1.29, 1.82) is 0 Å². The second-order valence-corrected chi connectivity index (χ2v) is 5.82. The minimum atomic E-state index is -0.594. The molecule has 8 heteroatoms. The molecule has 0 aliphatic heterocycles. The average Bonchev–Trinajstić information content (AvgIpc) is 2.62. The lowest BCUT2D eigenvalue weighted by Gasteiger charge is -2.08. The summed E-state index contributed by atoms with van der Waals surface area (Å²) in [4.78, 5) is 30.8. The quantitative estimate of drug-likeness (QED) is 0.316. The summed E-state index contributed by atoms with van der Waals surface area (Å²) in [6.07, 6.45) is 0. The minimum absolute atomic E-state index is 0.0874. The monoisotopic (exact) mass is 364 g/mol. The van der Waals surface area contributed by atoms with Crippen LogP contribution in [-0.2, 0) is 0 Å². The number of anilines is 2. The van der Waals surface area contributed by atoms with E-state index in [2.05, 4.69) is 15.3 Å². The molecule has 0 saturated carbocycles. The maximum Gasteiger partial charge on any atom is 0.343 e. The number of ether oxygens (including phenoxy) is 1. The van der Waals surface area contributed by atoms with E-state index in [1.807, 2.05) is 19.9 Å². The molecule has 0 spiro atoms. The van der Waals surface area contributed by atoms with Gasteiger partial charge in [-0.05, 0) is 56.3 Å². The molecule has 1 heterocycles. The standard InChI is InChI=1S/C19H16N4O4/c1-12-11-13(2)21-19(20-12)22-15-5-9-17(10-6-15)27-18(24)14-3-7-16(8-4-14)23(25)26/h3-11H,1-2H3,(H,20,21,22). The van der Waals surface area contributed by atoms with E-state index in [9.17, 15) is 14.9 Å². The molecule has 0 unspecified atom stereocenters. The van der Waals surface area contributed by atoms with Crippen LogP contribution in [0.4, 0.5) is 17.3 Å². The normalized spacial score (nSPS) is 10.3. The Morgan fingerprint density at radius 3 is 2.15 bits per heavy atom. The molecule has 1 N–H and O–H groups in total. The first-order chi connectivity index (χ1) is 12.9. The molecule has 0 atom stereocenters. The summed E-state index contributed by atoms with van der Waals surface area (Å²) in [7, 11) is 0. The maximum atomic E-state index is 12.1. The van der Waals surface area contributed by atoms with Gasteiger partial charge in [-0.3, -0.25) is 10.1 Å². The molecule has 1 aromatic heterocycles. The highest BCUT2D eigenvalue weighted by Gasteiger charge is 2.11. The zero-order valence-corrected chi connectivity index (χ0v) is 14.7. The van der Waals surface area contributed by atoms with Crippen molar-refractivity contribution in [2.75, 3.05) is 5.32 Å². The van der Waals surface area contributed by atoms with Gasteiger partial charge in [0.25, 0.3) is 5.69 Å². The number of hydrogen-bond acceptors (Lipinski definition) is 7. The topological polar surface area (TPSA) is 107 Å². The number of hydrogen-bond donors (Lipinski definition) is 1. The molecule has 0 radical (unpaired) electrons. The number of nitrogens with zero attached hydrogens (tertiary/aromatic N) is 3. The molecular formula is C19H16N4O4. The summed E-state index contributed by atoms with van der Waals surface area (Å²) in [5.41, 5.74) is 2.61. The summed E-state index contributed by atoms with van der Waals surface area (Å²) >= 11 is 0. The van der Waals surface area contributed by atoms with Gasteiger partial charge in [0.2, 0.25) is 5.95 Å². The number of nitro benzene ring substituents is 1. The van der Waals surface area contributed by atoms with E-state index < -0.39 is 10.9 Å². The SMILES string of the molecule is Cc1cc(C)nc(Nc2ccc(OC(=O)c3ccc([N+](=O)[O-])cc3)cc2)n1. The number of rotatable bonds is 5. The van der Waals surface area contributed by atoms with Crippen LogP contribution in [0.3, 0.4) is 0 Å². The van der Waals surface area contributed by atoms with Crippen molar-refractivity contribution in [3.05, 3.63) is 81.7 Å². The van der Waals surface area contributed by atoms with E-state index >= 15 is 0 Å². The maximum absolute atomic E-state index is 12.1. The molecule has 8 nitrogen and oxygen atoms in total. The molecule has 3 aromatic rings. The summed E-state index contributed by atoms with van der Waals surface area (Å²) in [6.45, 7) is 3.78. The predicted octanol–water partition coefficient (Wildman–Crippen LogP) is 3.96. The van der Waals surface area contributed by atoms with Gasteiger partial charge in [-0.25, -0.2) is 14.8 Å². The molecule has 27 heavy (non-hydrogen) atoms. The Morgan fingerprint density at radius 1 is 1.00 bits per heavy atom. The number of nitro groups is 1. The number of esters is 1. The lowest BCUT2D eigenvalue weighted by Crippen LogP contribution is -2.08. The first-order valence-electron chi connectivity index (χ1n) is 8.07. The molecule has 0 fully saturated rings. The fourth-order valence-corrected chi connectivity index (χ4v) is 2.40. The van der Waals surface area contributed by atoms with Gasteiger partial charge < -0.3 is 10.1 Å².